The first-order chi connectivity index (χ1) is 14.7. The van der Waals surface area contributed by atoms with E-state index < -0.39 is 0 Å². The molecule has 1 aliphatic rings. The third kappa shape index (κ3) is 4.33. The van der Waals surface area contributed by atoms with E-state index in [1.165, 1.54) is 0 Å². The van der Waals surface area contributed by atoms with Crippen molar-refractivity contribution in [3.05, 3.63) is 66.2 Å². The Labute approximate surface area is 177 Å². The van der Waals surface area contributed by atoms with Crippen LogP contribution < -0.4 is 14.8 Å². The molecule has 0 aliphatic carbocycles. The maximum atomic E-state index is 12.8. The SMILES string of the molecule is COc1ccc(OC)c(CN2CCN(C(=O)Nc3cccc4ccccc34)CC2)c1. The van der Waals surface area contributed by atoms with Crippen LogP contribution >= 0.6 is 0 Å². The number of hydrogen-bond acceptors (Lipinski definition) is 4. The largest absolute Gasteiger partial charge is 0.497 e. The minimum atomic E-state index is -0.0510. The van der Waals surface area contributed by atoms with Crippen LogP contribution in [0.5, 0.6) is 11.5 Å². The molecule has 1 N–H and O–H groups in total. The van der Waals surface area contributed by atoms with Crippen LogP contribution in [0.4, 0.5) is 10.5 Å². The van der Waals surface area contributed by atoms with Crippen LogP contribution in [0.15, 0.2) is 60.7 Å². The first kappa shape index (κ1) is 20.0. The lowest BCUT2D eigenvalue weighted by molar-refractivity contribution is 0.142. The highest BCUT2D eigenvalue weighted by atomic mass is 16.5. The molecule has 0 saturated carbocycles. The maximum absolute atomic E-state index is 12.8. The number of hydrogen-bond donors (Lipinski definition) is 1. The zero-order valence-electron chi connectivity index (χ0n) is 17.4. The Morgan fingerprint density at radius 1 is 0.933 bits per heavy atom. The summed E-state index contributed by atoms with van der Waals surface area (Å²) in [6.07, 6.45) is 0. The molecule has 1 aliphatic heterocycles. The zero-order chi connectivity index (χ0) is 20.9. The van der Waals surface area contributed by atoms with E-state index in [1.54, 1.807) is 14.2 Å². The smallest absolute Gasteiger partial charge is 0.321 e. The molecular formula is C24H27N3O3. The van der Waals surface area contributed by atoms with E-state index in [0.717, 1.165) is 53.2 Å². The Kier molecular flexibility index (Phi) is 6.05. The van der Waals surface area contributed by atoms with Gasteiger partial charge in [0, 0.05) is 43.7 Å². The van der Waals surface area contributed by atoms with E-state index in [9.17, 15) is 4.79 Å². The van der Waals surface area contributed by atoms with E-state index >= 15 is 0 Å². The second-order valence-corrected chi connectivity index (χ2v) is 7.40. The summed E-state index contributed by atoms with van der Waals surface area (Å²) in [5.74, 6) is 1.67. The van der Waals surface area contributed by atoms with Crippen molar-refractivity contribution in [2.24, 2.45) is 0 Å². The second kappa shape index (κ2) is 9.05. The zero-order valence-corrected chi connectivity index (χ0v) is 17.4. The van der Waals surface area contributed by atoms with Gasteiger partial charge in [0.2, 0.25) is 0 Å². The highest BCUT2D eigenvalue weighted by molar-refractivity contribution is 6.01. The van der Waals surface area contributed by atoms with E-state index in [0.29, 0.717) is 13.1 Å². The third-order valence-electron chi connectivity index (χ3n) is 5.57. The number of carbonyl (C=O) groups is 1. The van der Waals surface area contributed by atoms with Gasteiger partial charge in [-0.25, -0.2) is 4.79 Å². The fraction of sp³-hybridized carbons (Fsp3) is 0.292. The van der Waals surface area contributed by atoms with Gasteiger partial charge in [0.25, 0.3) is 0 Å². The molecule has 3 aromatic rings. The first-order valence-electron chi connectivity index (χ1n) is 10.1. The summed E-state index contributed by atoms with van der Waals surface area (Å²) in [5, 5.41) is 5.26. The van der Waals surface area contributed by atoms with Gasteiger partial charge in [-0.15, -0.1) is 0 Å². The molecule has 1 saturated heterocycles. The van der Waals surface area contributed by atoms with Crippen LogP contribution in [0.3, 0.4) is 0 Å². The van der Waals surface area contributed by atoms with Crippen molar-refractivity contribution < 1.29 is 14.3 Å². The summed E-state index contributed by atoms with van der Waals surface area (Å²) >= 11 is 0. The number of nitrogens with zero attached hydrogens (tertiary/aromatic N) is 2. The Balaban J connectivity index is 1.37. The molecule has 4 rings (SSSR count). The lowest BCUT2D eigenvalue weighted by Crippen LogP contribution is -2.49. The van der Waals surface area contributed by atoms with Crippen LogP contribution in [0.1, 0.15) is 5.56 Å². The molecule has 6 heteroatoms. The van der Waals surface area contributed by atoms with Gasteiger partial charge in [-0.05, 0) is 29.7 Å². The third-order valence-corrected chi connectivity index (χ3v) is 5.57. The van der Waals surface area contributed by atoms with Gasteiger partial charge in [0.05, 0.1) is 19.9 Å². The van der Waals surface area contributed by atoms with Gasteiger partial charge >= 0.3 is 6.03 Å². The van der Waals surface area contributed by atoms with Crippen molar-refractivity contribution in [1.29, 1.82) is 0 Å². The number of carbonyl (C=O) groups excluding carboxylic acids is 1. The van der Waals surface area contributed by atoms with E-state index in [1.807, 2.05) is 53.4 Å². The van der Waals surface area contributed by atoms with E-state index in [-0.39, 0.29) is 6.03 Å². The Bertz CT molecular complexity index is 1020. The Morgan fingerprint density at radius 2 is 1.70 bits per heavy atom. The molecule has 0 unspecified atom stereocenters. The highest BCUT2D eigenvalue weighted by Gasteiger charge is 2.22. The van der Waals surface area contributed by atoms with Gasteiger partial charge in [0.1, 0.15) is 11.5 Å². The molecule has 0 radical (unpaired) electrons. The molecule has 0 spiro atoms. The second-order valence-electron chi connectivity index (χ2n) is 7.40. The number of methoxy groups -OCH3 is 2. The fourth-order valence-corrected chi connectivity index (χ4v) is 3.88. The summed E-state index contributed by atoms with van der Waals surface area (Å²) in [6.45, 7) is 3.75. The lowest BCUT2D eigenvalue weighted by Gasteiger charge is -2.35. The number of anilines is 1. The topological polar surface area (TPSA) is 54.0 Å². The molecule has 0 bridgehead atoms. The number of benzene rings is 3. The van der Waals surface area contributed by atoms with Crippen LogP contribution in [0.25, 0.3) is 10.8 Å². The number of piperazine rings is 1. The Hall–Kier alpha value is -3.25. The van der Waals surface area contributed by atoms with Crippen LogP contribution in [0.2, 0.25) is 0 Å². The monoisotopic (exact) mass is 405 g/mol. The minimum Gasteiger partial charge on any atom is -0.497 e. The summed E-state index contributed by atoms with van der Waals surface area (Å²) in [5.41, 5.74) is 1.94. The van der Waals surface area contributed by atoms with Gasteiger partial charge in [-0.2, -0.15) is 0 Å². The molecule has 0 aromatic heterocycles. The predicted octanol–water partition coefficient (Wildman–Crippen LogP) is 4.21. The van der Waals surface area contributed by atoms with Gasteiger partial charge in [0.15, 0.2) is 0 Å². The number of amides is 2. The molecule has 1 fully saturated rings. The van der Waals surface area contributed by atoms with E-state index in [2.05, 4.69) is 22.3 Å². The summed E-state index contributed by atoms with van der Waals surface area (Å²) in [4.78, 5) is 17.0. The molecular weight excluding hydrogens is 378 g/mol. The number of ether oxygens (including phenoxy) is 2. The van der Waals surface area contributed by atoms with E-state index in [4.69, 9.17) is 9.47 Å². The standard InChI is InChI=1S/C24H27N3O3/c1-29-20-10-11-23(30-2)19(16-20)17-26-12-14-27(15-13-26)24(28)25-22-9-5-7-18-6-3-4-8-21(18)22/h3-11,16H,12-15,17H2,1-2H3,(H,25,28). The maximum Gasteiger partial charge on any atom is 0.321 e. The summed E-state index contributed by atoms with van der Waals surface area (Å²) < 4.78 is 10.8. The van der Waals surface area contributed by atoms with Crippen LogP contribution in [-0.4, -0.2) is 56.2 Å². The average molecular weight is 405 g/mol. The van der Waals surface area contributed by atoms with Crippen molar-refractivity contribution in [2.75, 3.05) is 45.7 Å². The fourth-order valence-electron chi connectivity index (χ4n) is 3.88. The van der Waals surface area contributed by atoms with Crippen molar-refractivity contribution in [2.45, 2.75) is 6.54 Å². The van der Waals surface area contributed by atoms with Gasteiger partial charge < -0.3 is 19.7 Å². The molecule has 30 heavy (non-hydrogen) atoms. The molecule has 2 amide bonds. The number of nitrogens with one attached hydrogen (secondary N) is 1. The highest BCUT2D eigenvalue weighted by Crippen LogP contribution is 2.26. The van der Waals surface area contributed by atoms with Crippen molar-refractivity contribution in [1.82, 2.24) is 9.80 Å². The van der Waals surface area contributed by atoms with Gasteiger partial charge in [-0.1, -0.05) is 36.4 Å². The van der Waals surface area contributed by atoms with Crippen molar-refractivity contribution in [3.8, 4) is 11.5 Å². The molecule has 3 aromatic carbocycles. The quantitative estimate of drug-likeness (QED) is 0.691. The lowest BCUT2D eigenvalue weighted by atomic mass is 10.1. The average Bonchev–Trinajstić information content (AvgIpc) is 2.79. The summed E-state index contributed by atoms with van der Waals surface area (Å²) in [7, 11) is 3.35. The minimum absolute atomic E-state index is 0.0510. The van der Waals surface area contributed by atoms with Gasteiger partial charge in [-0.3, -0.25) is 4.90 Å². The van der Waals surface area contributed by atoms with Crippen molar-refractivity contribution >= 4 is 22.5 Å². The summed E-state index contributed by atoms with van der Waals surface area (Å²) in [6, 6.07) is 19.8. The number of urea groups is 1. The normalized spacial score (nSPS) is 14.5. The molecule has 1 heterocycles. The Morgan fingerprint density at radius 3 is 2.47 bits per heavy atom. The molecule has 6 nitrogen and oxygen atoms in total. The van der Waals surface area contributed by atoms with Crippen LogP contribution in [-0.2, 0) is 6.54 Å². The number of rotatable bonds is 5. The molecule has 156 valence electrons. The first-order valence-corrected chi connectivity index (χ1v) is 10.1. The number of fused-ring (bicyclic) bond motifs is 1. The molecule has 0 atom stereocenters. The predicted molar refractivity (Wildman–Crippen MR) is 119 cm³/mol. The van der Waals surface area contributed by atoms with Crippen molar-refractivity contribution in [3.63, 3.8) is 0 Å². The van der Waals surface area contributed by atoms with Crippen LogP contribution in [0, 0.1) is 0 Å².